The zero-order valence-electron chi connectivity index (χ0n) is 69.9. The fourth-order valence-electron chi connectivity index (χ4n) is 10.2. The van der Waals surface area contributed by atoms with Crippen LogP contribution in [0.25, 0.3) is 0 Å². The molecule has 11 rings (SSSR count). The minimum atomic E-state index is 0. The molecule has 22 nitrogen and oxygen atoms in total. The third-order valence-corrected chi connectivity index (χ3v) is 16.3. The van der Waals surface area contributed by atoms with E-state index in [0.29, 0.717) is 53.3 Å². The number of aromatic nitrogens is 20. The Morgan fingerprint density at radius 3 is 1.30 bits per heavy atom. The second-order valence-electron chi connectivity index (χ2n) is 30.0. The number of imidazole rings is 2. The summed E-state index contributed by atoms with van der Waals surface area (Å²) in [6, 6.07) is 4.73. The average molecular weight is 1510 g/mol. The zero-order chi connectivity index (χ0) is 77.7. The summed E-state index contributed by atoms with van der Waals surface area (Å²) in [7, 11) is 9.84. The standard InChI is InChI=1S/3C8H14N2.C8H12N2.C8H14N2.2C7H12N2.C7H11NO.C7H15N.C6H11N3.C6H10N2.6CH4/c1-6(2)8-5-10(4)9-7(8)3;1-6(2)8-5-9-10(4)7(8)3;1-6(2)8-5-7(3)9-10(8)4;1-8(2,3)7-9-5-4-6-10-7;1-4-10-6-8(5-9-10)7(2)3;1-6(2)7-8-4-5-9(7)3;1-5(2)7-4-8-9-6(7)3;1-5(2)7-8-4-6(3)9-7;1-7(2)8-5-3-4-6-8;1-5(2)6-7-4-8-9(6)3;1-5(2)6-7-3-4-8-6;;;;;;/h3*5-6H,1-4H3;4-6H,1-3H3;5-7H,4H2,1-3H3;4-6H,1-3H3;4-5H,1-3H3,(H,8,9);4-5H,1-3H3;7H,3-6H2,1-2H3;4-5H,1-3H3;3-5H,1-2H3,(H,7,8);6*1H4. The molecule has 0 aromatic carbocycles. The summed E-state index contributed by atoms with van der Waals surface area (Å²) >= 11 is 0. The fourth-order valence-corrected chi connectivity index (χ4v) is 10.2. The van der Waals surface area contributed by atoms with Gasteiger partial charge < -0.3 is 18.9 Å². The Kier molecular flexibility index (Phi) is 58.5. The van der Waals surface area contributed by atoms with E-state index in [1.54, 1.807) is 35.8 Å². The number of aromatic amines is 2. The van der Waals surface area contributed by atoms with E-state index in [1.165, 1.54) is 65.3 Å². The van der Waals surface area contributed by atoms with E-state index in [1.807, 2.05) is 123 Å². The van der Waals surface area contributed by atoms with Gasteiger partial charge in [0.25, 0.3) is 0 Å². The summed E-state index contributed by atoms with van der Waals surface area (Å²) < 4.78 is 16.8. The number of hydrogen-bond acceptors (Lipinski definition) is 14. The summed E-state index contributed by atoms with van der Waals surface area (Å²) in [5.74, 6) is 10.7. The van der Waals surface area contributed by atoms with Gasteiger partial charge in [-0.1, -0.05) is 190 Å². The molecule has 11 heterocycles. The lowest BCUT2D eigenvalue weighted by Crippen LogP contribution is -2.26. The molecule has 0 saturated carbocycles. The van der Waals surface area contributed by atoms with Crippen molar-refractivity contribution in [1.29, 1.82) is 0 Å². The molecular weight excluding hydrogens is 1340 g/mol. The molecule has 1 saturated heterocycles. The number of aryl methyl sites for hydroxylation is 10. The number of hydrogen-bond donors (Lipinski definition) is 2. The maximum Gasteiger partial charge on any atom is 0.196 e. The van der Waals surface area contributed by atoms with E-state index in [0.717, 1.165) is 58.9 Å². The van der Waals surface area contributed by atoms with Crippen molar-refractivity contribution in [3.8, 4) is 0 Å². The largest absolute Gasteiger partial charge is 0.446 e. The van der Waals surface area contributed by atoms with Crippen molar-refractivity contribution in [2.45, 2.75) is 329 Å². The highest BCUT2D eigenvalue weighted by molar-refractivity contribution is 5.20. The van der Waals surface area contributed by atoms with Gasteiger partial charge in [0.2, 0.25) is 0 Å². The third kappa shape index (κ3) is 42.6. The van der Waals surface area contributed by atoms with Crippen molar-refractivity contribution < 1.29 is 4.42 Å². The van der Waals surface area contributed by atoms with Gasteiger partial charge in [0.1, 0.15) is 35.4 Å². The lowest BCUT2D eigenvalue weighted by Gasteiger charge is -2.18. The molecule has 108 heavy (non-hydrogen) atoms. The molecule has 0 radical (unpaired) electrons. The van der Waals surface area contributed by atoms with Crippen molar-refractivity contribution in [2.75, 3.05) is 13.1 Å². The smallest absolute Gasteiger partial charge is 0.196 e. The van der Waals surface area contributed by atoms with Crippen LogP contribution in [-0.4, -0.2) is 123 Å². The van der Waals surface area contributed by atoms with Gasteiger partial charge in [-0.2, -0.15) is 30.6 Å². The average Bonchev–Trinajstić information content (AvgIpc) is 1.66. The Balaban J connectivity index is -0.000000264. The van der Waals surface area contributed by atoms with Crippen LogP contribution in [0.15, 0.2) is 97.2 Å². The van der Waals surface area contributed by atoms with Gasteiger partial charge in [-0.25, -0.2) is 29.9 Å². The number of oxazole rings is 1. The van der Waals surface area contributed by atoms with Crippen molar-refractivity contribution >= 4 is 0 Å². The van der Waals surface area contributed by atoms with Crippen LogP contribution in [0.3, 0.4) is 0 Å². The van der Waals surface area contributed by atoms with Crippen LogP contribution < -0.4 is 0 Å². The Morgan fingerprint density at radius 1 is 0.509 bits per heavy atom. The topological polar surface area (TPSA) is 232 Å². The molecule has 1 aliphatic heterocycles. The Hall–Kier alpha value is -8.14. The first-order valence-corrected chi connectivity index (χ1v) is 36.9. The summed E-state index contributed by atoms with van der Waals surface area (Å²) in [5.41, 5.74) is 11.4. The van der Waals surface area contributed by atoms with Crippen LogP contribution in [0.5, 0.6) is 0 Å². The van der Waals surface area contributed by atoms with Gasteiger partial charge in [0.05, 0.1) is 36.2 Å². The fraction of sp³-hybridized carbons (Fsp3) is 0.651. The Bertz CT molecular complexity index is 3530. The number of rotatable bonds is 11. The Morgan fingerprint density at radius 2 is 1.07 bits per heavy atom. The lowest BCUT2D eigenvalue weighted by atomic mass is 9.96. The van der Waals surface area contributed by atoms with Crippen LogP contribution in [0.2, 0.25) is 0 Å². The highest BCUT2D eigenvalue weighted by Gasteiger charge is 2.16. The van der Waals surface area contributed by atoms with Gasteiger partial charge in [0.15, 0.2) is 5.89 Å². The molecule has 10 aromatic rings. The molecular formula is C86H163N21O. The molecule has 2 N–H and O–H groups in total. The van der Waals surface area contributed by atoms with Gasteiger partial charge in [-0.15, -0.1) is 0 Å². The predicted octanol–water partition coefficient (Wildman–Crippen LogP) is 22.6. The molecule has 10 aromatic heterocycles. The molecule has 0 aliphatic carbocycles. The van der Waals surface area contributed by atoms with Crippen LogP contribution in [0.4, 0.5) is 0 Å². The van der Waals surface area contributed by atoms with Crippen LogP contribution >= 0.6 is 0 Å². The molecule has 22 heteroatoms. The summed E-state index contributed by atoms with van der Waals surface area (Å²) in [4.78, 5) is 30.2. The highest BCUT2D eigenvalue weighted by Crippen LogP contribution is 2.21. The number of H-pyrrole nitrogens is 2. The lowest BCUT2D eigenvalue weighted by molar-refractivity contribution is 0.276. The number of nitrogens with one attached hydrogen (secondary N) is 2. The van der Waals surface area contributed by atoms with Gasteiger partial charge in [-0.05, 0) is 145 Å². The Labute approximate surface area is 660 Å². The first kappa shape index (κ1) is 111. The van der Waals surface area contributed by atoms with Crippen molar-refractivity contribution in [3.05, 3.63) is 178 Å². The normalized spacial score (nSPS) is 11.1. The van der Waals surface area contributed by atoms with E-state index in [2.05, 4.69) is 274 Å². The highest BCUT2D eigenvalue weighted by atomic mass is 16.4. The summed E-state index contributed by atoms with van der Waals surface area (Å²) in [6.07, 6.45) is 27.1. The van der Waals surface area contributed by atoms with E-state index in [-0.39, 0.29) is 50.0 Å². The number of nitrogens with zero attached hydrogens (tertiary/aromatic N) is 19. The molecule has 618 valence electrons. The van der Waals surface area contributed by atoms with Gasteiger partial charge in [-0.3, -0.25) is 28.5 Å². The minimum Gasteiger partial charge on any atom is -0.446 e. The molecule has 1 fully saturated rings. The quantitative estimate of drug-likeness (QED) is 0.123. The second kappa shape index (κ2) is 57.0. The van der Waals surface area contributed by atoms with E-state index in [9.17, 15) is 0 Å². The van der Waals surface area contributed by atoms with Gasteiger partial charge in [0, 0.05) is 144 Å². The van der Waals surface area contributed by atoms with Crippen molar-refractivity contribution in [2.24, 2.45) is 35.2 Å². The molecule has 0 unspecified atom stereocenters. The monoisotopic (exact) mass is 1510 g/mol. The van der Waals surface area contributed by atoms with Crippen LogP contribution in [0.1, 0.15) is 363 Å². The van der Waals surface area contributed by atoms with Crippen LogP contribution in [0, 0.1) is 34.6 Å². The second-order valence-corrected chi connectivity index (χ2v) is 30.0. The minimum absolute atomic E-state index is 0. The molecule has 1 aliphatic rings. The van der Waals surface area contributed by atoms with Crippen molar-refractivity contribution in [3.63, 3.8) is 0 Å². The zero-order valence-corrected chi connectivity index (χ0v) is 69.9. The maximum absolute atomic E-state index is 5.23. The molecule has 0 spiro atoms. The van der Waals surface area contributed by atoms with E-state index < -0.39 is 0 Å². The number of likely N-dealkylation sites (tertiary alicyclic amines) is 1. The van der Waals surface area contributed by atoms with Crippen LogP contribution in [-0.2, 0) is 47.2 Å². The van der Waals surface area contributed by atoms with E-state index >= 15 is 0 Å². The predicted molar refractivity (Wildman–Crippen MR) is 463 cm³/mol. The van der Waals surface area contributed by atoms with E-state index in [4.69, 9.17) is 4.42 Å². The first-order chi connectivity index (χ1) is 47.6. The summed E-state index contributed by atoms with van der Waals surface area (Å²) in [6.45, 7) is 65.3. The molecule has 0 bridgehead atoms. The summed E-state index contributed by atoms with van der Waals surface area (Å²) in [5, 5.41) is 27.6. The first-order valence-electron chi connectivity index (χ1n) is 36.9. The SMILES string of the molecule is C.C.C.C.C.C.CC(C)(C)c1ncccn1.CC(C)N1CCCC1.CC(C)c1ncc[nH]1.CC(C)c1nccn1C.CC(C)c1ncnn1C.CCn1cc(C(C)C)cn1.Cc1[nH]ncc1C(C)C.Cc1c(C(C)C)cnn1C.Cc1cc(C(C)C)n(C)n1.Cc1cnc(C(C)C)o1.Cc1nn(C)cc1C(C)C. The molecule has 0 amide bonds. The molecule has 0 atom stereocenters. The third-order valence-electron chi connectivity index (χ3n) is 16.3. The van der Waals surface area contributed by atoms with Crippen molar-refractivity contribution in [1.82, 2.24) is 103 Å². The van der Waals surface area contributed by atoms with Gasteiger partial charge >= 0.3 is 0 Å². The maximum atomic E-state index is 5.23.